The van der Waals surface area contributed by atoms with Gasteiger partial charge in [0.2, 0.25) is 10.0 Å². The maximum atomic E-state index is 12.3. The van der Waals surface area contributed by atoms with Crippen molar-refractivity contribution in [3.63, 3.8) is 0 Å². The van der Waals surface area contributed by atoms with Crippen molar-refractivity contribution >= 4 is 27.6 Å². The van der Waals surface area contributed by atoms with Gasteiger partial charge in [-0.3, -0.25) is 4.79 Å². The summed E-state index contributed by atoms with van der Waals surface area (Å²) in [4.78, 5) is 11.0. The summed E-state index contributed by atoms with van der Waals surface area (Å²) in [6.45, 7) is 3.36. The Morgan fingerprint density at radius 3 is 2.57 bits per heavy atom. The Hall–Kier alpha value is -1.31. The fraction of sp³-hybridized carbons (Fsp3) is 0.462. The Kier molecular flexibility index (Phi) is 6.00. The quantitative estimate of drug-likeness (QED) is 0.796. The van der Waals surface area contributed by atoms with Crippen LogP contribution in [-0.2, 0) is 14.8 Å². The van der Waals surface area contributed by atoms with E-state index in [4.69, 9.17) is 21.4 Å². The summed E-state index contributed by atoms with van der Waals surface area (Å²) in [6.07, 6.45) is 0.749. The third-order valence-electron chi connectivity index (χ3n) is 2.91. The summed E-state index contributed by atoms with van der Waals surface area (Å²) in [6, 6.07) is 1.58. The Balaban J connectivity index is 3.19. The Labute approximate surface area is 129 Å². The predicted octanol–water partition coefficient (Wildman–Crippen LogP) is 2.19. The van der Waals surface area contributed by atoms with Gasteiger partial charge in [0.15, 0.2) is 0 Å². The lowest BCUT2D eigenvalue weighted by molar-refractivity contribution is -0.139. The number of methoxy groups -OCH3 is 1. The molecule has 0 aliphatic rings. The molecule has 1 unspecified atom stereocenters. The number of hydrogen-bond acceptors (Lipinski definition) is 4. The highest BCUT2D eigenvalue weighted by atomic mass is 35.5. The molecule has 0 saturated carbocycles. The number of hydrogen-bond donors (Lipinski definition) is 2. The average Bonchev–Trinajstić information content (AvgIpc) is 2.39. The highest BCUT2D eigenvalue weighted by Crippen LogP contribution is 2.30. The molecule has 0 aromatic heterocycles. The summed E-state index contributed by atoms with van der Waals surface area (Å²) in [5.74, 6) is -0.853. The monoisotopic (exact) mass is 335 g/mol. The largest absolute Gasteiger partial charge is 0.495 e. The molecule has 1 aromatic rings. The minimum Gasteiger partial charge on any atom is -0.495 e. The third-order valence-corrected chi connectivity index (χ3v) is 4.82. The molecule has 6 nitrogen and oxygen atoms in total. The molecule has 0 amide bonds. The van der Waals surface area contributed by atoms with E-state index in [9.17, 15) is 13.2 Å². The Morgan fingerprint density at radius 1 is 1.48 bits per heavy atom. The summed E-state index contributed by atoms with van der Waals surface area (Å²) < 4.78 is 31.8. The van der Waals surface area contributed by atoms with Crippen LogP contribution >= 0.6 is 11.6 Å². The smallest absolute Gasteiger partial charge is 0.321 e. The van der Waals surface area contributed by atoms with Crippen LogP contribution in [0.1, 0.15) is 25.3 Å². The van der Waals surface area contributed by atoms with Gasteiger partial charge in [0, 0.05) is 0 Å². The zero-order valence-electron chi connectivity index (χ0n) is 12.0. The van der Waals surface area contributed by atoms with Crippen LogP contribution in [0.2, 0.25) is 5.02 Å². The van der Waals surface area contributed by atoms with Crippen LogP contribution in [0, 0.1) is 6.92 Å². The zero-order chi connectivity index (χ0) is 16.2. The van der Waals surface area contributed by atoms with Crippen molar-refractivity contribution in [3.05, 3.63) is 22.7 Å². The first-order valence-corrected chi connectivity index (χ1v) is 8.18. The number of carbonyl (C=O) groups is 1. The van der Waals surface area contributed by atoms with E-state index in [0.29, 0.717) is 17.7 Å². The highest BCUT2D eigenvalue weighted by molar-refractivity contribution is 7.89. The van der Waals surface area contributed by atoms with Crippen LogP contribution in [0.3, 0.4) is 0 Å². The first kappa shape index (κ1) is 17.7. The van der Waals surface area contributed by atoms with Crippen LogP contribution in [0.5, 0.6) is 5.75 Å². The number of halogens is 1. The summed E-state index contributed by atoms with van der Waals surface area (Å²) in [5, 5.41) is 9.19. The second-order valence-corrected chi connectivity index (χ2v) is 6.64. The number of aliphatic carboxylic acids is 1. The van der Waals surface area contributed by atoms with E-state index in [1.165, 1.54) is 19.2 Å². The van der Waals surface area contributed by atoms with Gasteiger partial charge >= 0.3 is 5.97 Å². The van der Waals surface area contributed by atoms with Crippen LogP contribution in [0.25, 0.3) is 0 Å². The Bertz CT molecular complexity index is 630. The SMILES string of the molecule is CCCC(NS(=O)(=O)c1cc(Cl)c(OC)cc1C)C(=O)O. The molecule has 0 spiro atoms. The zero-order valence-corrected chi connectivity index (χ0v) is 13.6. The van der Waals surface area contributed by atoms with Crippen LogP contribution in [0.4, 0.5) is 0 Å². The van der Waals surface area contributed by atoms with Gasteiger partial charge in [-0.1, -0.05) is 24.9 Å². The standard InChI is InChI=1S/C13H18ClNO5S/c1-4-5-10(13(16)17)15-21(18,19)12-7-9(14)11(20-3)6-8(12)2/h6-7,10,15H,4-5H2,1-3H3,(H,16,17). The number of ether oxygens (including phenoxy) is 1. The minimum absolute atomic E-state index is 0.0596. The topological polar surface area (TPSA) is 92.7 Å². The van der Waals surface area contributed by atoms with Gasteiger partial charge in [0.1, 0.15) is 11.8 Å². The summed E-state index contributed by atoms with van der Waals surface area (Å²) in [5.41, 5.74) is 0.421. The Morgan fingerprint density at radius 2 is 2.10 bits per heavy atom. The molecule has 1 rings (SSSR count). The molecule has 0 radical (unpaired) electrons. The van der Waals surface area contributed by atoms with E-state index in [-0.39, 0.29) is 16.3 Å². The lowest BCUT2D eigenvalue weighted by Gasteiger charge is -2.16. The minimum atomic E-state index is -3.98. The maximum Gasteiger partial charge on any atom is 0.321 e. The van der Waals surface area contributed by atoms with E-state index in [1.807, 2.05) is 0 Å². The molecule has 1 atom stereocenters. The van der Waals surface area contributed by atoms with E-state index < -0.39 is 22.0 Å². The molecule has 118 valence electrons. The number of sulfonamides is 1. The van der Waals surface area contributed by atoms with Gasteiger partial charge in [-0.15, -0.1) is 0 Å². The van der Waals surface area contributed by atoms with Crippen LogP contribution in [0.15, 0.2) is 17.0 Å². The van der Waals surface area contributed by atoms with Crippen molar-refractivity contribution < 1.29 is 23.1 Å². The molecule has 0 fully saturated rings. The fourth-order valence-corrected chi connectivity index (χ4v) is 3.64. The van der Waals surface area contributed by atoms with E-state index in [1.54, 1.807) is 13.8 Å². The molecule has 0 bridgehead atoms. The van der Waals surface area contributed by atoms with E-state index in [0.717, 1.165) is 0 Å². The first-order valence-electron chi connectivity index (χ1n) is 6.32. The van der Waals surface area contributed by atoms with Crippen molar-refractivity contribution in [1.82, 2.24) is 4.72 Å². The lowest BCUT2D eigenvalue weighted by atomic mass is 10.2. The molecule has 0 saturated heterocycles. The van der Waals surface area contributed by atoms with E-state index in [2.05, 4.69) is 4.72 Å². The van der Waals surface area contributed by atoms with Gasteiger partial charge in [0.25, 0.3) is 0 Å². The van der Waals surface area contributed by atoms with Gasteiger partial charge in [0.05, 0.1) is 17.0 Å². The van der Waals surface area contributed by atoms with Crippen molar-refractivity contribution in [3.8, 4) is 5.75 Å². The molecule has 0 aliphatic heterocycles. The normalized spacial score (nSPS) is 13.0. The third kappa shape index (κ3) is 4.33. The molecule has 1 aromatic carbocycles. The number of nitrogens with one attached hydrogen (secondary N) is 1. The van der Waals surface area contributed by atoms with Crippen molar-refractivity contribution in [1.29, 1.82) is 0 Å². The van der Waals surface area contributed by atoms with Gasteiger partial charge in [-0.2, -0.15) is 4.72 Å². The van der Waals surface area contributed by atoms with Crippen LogP contribution in [-0.4, -0.2) is 32.6 Å². The lowest BCUT2D eigenvalue weighted by Crippen LogP contribution is -2.40. The van der Waals surface area contributed by atoms with E-state index >= 15 is 0 Å². The first-order chi connectivity index (χ1) is 9.72. The second-order valence-electron chi connectivity index (χ2n) is 4.55. The molecule has 21 heavy (non-hydrogen) atoms. The summed E-state index contributed by atoms with van der Waals surface area (Å²) >= 11 is 5.93. The van der Waals surface area contributed by atoms with Gasteiger partial charge in [-0.25, -0.2) is 8.42 Å². The van der Waals surface area contributed by atoms with Crippen molar-refractivity contribution in [2.24, 2.45) is 0 Å². The number of benzene rings is 1. The van der Waals surface area contributed by atoms with Crippen LogP contribution < -0.4 is 9.46 Å². The van der Waals surface area contributed by atoms with Crippen molar-refractivity contribution in [2.45, 2.75) is 37.6 Å². The predicted molar refractivity (Wildman–Crippen MR) is 79.4 cm³/mol. The van der Waals surface area contributed by atoms with Gasteiger partial charge < -0.3 is 9.84 Å². The fourth-order valence-electron chi connectivity index (χ4n) is 1.85. The van der Waals surface area contributed by atoms with Crippen molar-refractivity contribution in [2.75, 3.05) is 7.11 Å². The molecular weight excluding hydrogens is 318 g/mol. The molecule has 8 heteroatoms. The van der Waals surface area contributed by atoms with Gasteiger partial charge in [-0.05, 0) is 31.0 Å². The highest BCUT2D eigenvalue weighted by Gasteiger charge is 2.26. The second kappa shape index (κ2) is 7.11. The molecular formula is C13H18ClNO5S. The number of carboxylic acid groups (broad SMARTS) is 1. The number of aryl methyl sites for hydroxylation is 1. The average molecular weight is 336 g/mol. The molecule has 0 heterocycles. The molecule has 0 aliphatic carbocycles. The summed E-state index contributed by atoms with van der Waals surface area (Å²) in [7, 11) is -2.55. The number of carboxylic acids is 1. The maximum absolute atomic E-state index is 12.3. The number of rotatable bonds is 7. The molecule has 2 N–H and O–H groups in total.